The molecule has 0 atom stereocenters. The Bertz CT molecular complexity index is 721. The summed E-state index contributed by atoms with van der Waals surface area (Å²) in [5.74, 6) is -1.50. The number of carboxylic acids is 1. The molecule has 1 aromatic carbocycles. The molecule has 0 saturated heterocycles. The molecule has 7 heteroatoms. The Morgan fingerprint density at radius 3 is 2.29 bits per heavy atom. The van der Waals surface area contributed by atoms with Crippen LogP contribution in [0.15, 0.2) is 18.2 Å². The third-order valence-electron chi connectivity index (χ3n) is 3.90. The van der Waals surface area contributed by atoms with Crippen molar-refractivity contribution in [1.29, 1.82) is 0 Å². The largest absolute Gasteiger partial charge is 0.478 e. The van der Waals surface area contributed by atoms with Gasteiger partial charge in [-0.25, -0.2) is 13.2 Å². The molecule has 1 heterocycles. The average molecular weight is 311 g/mol. The van der Waals surface area contributed by atoms with E-state index in [2.05, 4.69) is 0 Å². The summed E-state index contributed by atoms with van der Waals surface area (Å²) >= 11 is 0. The fourth-order valence-electron chi connectivity index (χ4n) is 2.21. The molecule has 2 rings (SSSR count). The van der Waals surface area contributed by atoms with E-state index >= 15 is 0 Å². The van der Waals surface area contributed by atoms with Gasteiger partial charge in [-0.1, -0.05) is 6.07 Å². The molecule has 0 saturated carbocycles. The number of carboxylic acid groups (broad SMARTS) is 1. The van der Waals surface area contributed by atoms with Gasteiger partial charge in [0.2, 0.25) is 5.91 Å². The summed E-state index contributed by atoms with van der Waals surface area (Å²) in [5.41, 5.74) is 1.75. The van der Waals surface area contributed by atoms with E-state index in [1.54, 1.807) is 6.07 Å². The topological polar surface area (TPSA) is 91.8 Å². The highest BCUT2D eigenvalue weighted by molar-refractivity contribution is 7.92. The second kappa shape index (κ2) is 4.84. The van der Waals surface area contributed by atoms with Gasteiger partial charge in [-0.3, -0.25) is 4.79 Å². The highest BCUT2D eigenvalue weighted by Gasteiger charge is 2.42. The summed E-state index contributed by atoms with van der Waals surface area (Å²) < 4.78 is 22.0. The number of rotatable bonds is 3. The maximum Gasteiger partial charge on any atom is 0.335 e. The number of carbonyl (C=O) groups is 2. The van der Waals surface area contributed by atoms with Crippen molar-refractivity contribution in [3.8, 4) is 0 Å². The molecule has 114 valence electrons. The Balaban J connectivity index is 2.28. The van der Waals surface area contributed by atoms with Gasteiger partial charge in [0.15, 0.2) is 9.84 Å². The summed E-state index contributed by atoms with van der Waals surface area (Å²) in [5, 5.41) is 8.97. The third kappa shape index (κ3) is 2.65. The van der Waals surface area contributed by atoms with E-state index in [4.69, 9.17) is 5.11 Å². The molecule has 0 radical (unpaired) electrons. The lowest BCUT2D eigenvalue weighted by atomic mass is 10.1. The summed E-state index contributed by atoms with van der Waals surface area (Å²) in [6.45, 7) is 3.30. The lowest BCUT2D eigenvalue weighted by Gasteiger charge is -2.27. The van der Waals surface area contributed by atoms with Crippen molar-refractivity contribution in [2.45, 2.75) is 31.7 Å². The monoisotopic (exact) mass is 311 g/mol. The third-order valence-corrected chi connectivity index (χ3v) is 5.93. The molecule has 0 unspecified atom stereocenters. The molecule has 0 aromatic heterocycles. The van der Waals surface area contributed by atoms with Crippen LogP contribution in [0.1, 0.15) is 35.3 Å². The smallest absolute Gasteiger partial charge is 0.335 e. The minimum Gasteiger partial charge on any atom is -0.478 e. The van der Waals surface area contributed by atoms with Gasteiger partial charge in [0.1, 0.15) is 4.75 Å². The predicted molar refractivity (Wildman–Crippen MR) is 76.6 cm³/mol. The van der Waals surface area contributed by atoms with E-state index < -0.39 is 26.5 Å². The van der Waals surface area contributed by atoms with Crippen molar-refractivity contribution in [2.75, 3.05) is 6.26 Å². The zero-order valence-electron chi connectivity index (χ0n) is 12.1. The molecule has 0 fully saturated rings. The lowest BCUT2D eigenvalue weighted by Crippen LogP contribution is -2.47. The Morgan fingerprint density at radius 1 is 1.19 bits per heavy atom. The van der Waals surface area contributed by atoms with Crippen LogP contribution in [0.2, 0.25) is 0 Å². The van der Waals surface area contributed by atoms with Crippen molar-refractivity contribution in [3.05, 3.63) is 34.9 Å². The Morgan fingerprint density at radius 2 is 1.76 bits per heavy atom. The van der Waals surface area contributed by atoms with E-state index in [0.717, 1.165) is 17.4 Å². The Labute approximate surface area is 123 Å². The van der Waals surface area contributed by atoms with E-state index in [0.29, 0.717) is 6.54 Å². The number of hydrogen-bond donors (Lipinski definition) is 1. The molecule has 1 aliphatic rings. The molecule has 1 aromatic rings. The molecule has 0 aliphatic carbocycles. The van der Waals surface area contributed by atoms with Gasteiger partial charge in [0.25, 0.3) is 0 Å². The van der Waals surface area contributed by atoms with Gasteiger partial charge in [0, 0.05) is 19.3 Å². The van der Waals surface area contributed by atoms with E-state index in [-0.39, 0.29) is 12.1 Å². The number of aromatic carboxylic acids is 1. The first kappa shape index (κ1) is 15.5. The minimum atomic E-state index is -3.53. The van der Waals surface area contributed by atoms with Crippen LogP contribution in [0.4, 0.5) is 0 Å². The van der Waals surface area contributed by atoms with Gasteiger partial charge in [-0.15, -0.1) is 0 Å². The summed E-state index contributed by atoms with van der Waals surface area (Å²) in [4.78, 5) is 24.8. The van der Waals surface area contributed by atoms with Gasteiger partial charge in [0.05, 0.1) is 5.56 Å². The molecule has 21 heavy (non-hydrogen) atoms. The van der Waals surface area contributed by atoms with Crippen LogP contribution >= 0.6 is 0 Å². The molecule has 0 spiro atoms. The minimum absolute atomic E-state index is 0.158. The van der Waals surface area contributed by atoms with Gasteiger partial charge in [-0.2, -0.15) is 0 Å². The van der Waals surface area contributed by atoms with Crippen molar-refractivity contribution in [1.82, 2.24) is 4.90 Å². The van der Waals surface area contributed by atoms with Crippen LogP contribution in [0.25, 0.3) is 0 Å². The molecule has 1 aliphatic heterocycles. The van der Waals surface area contributed by atoms with Crippen LogP contribution in [-0.2, 0) is 27.7 Å². The maximum atomic E-state index is 12.4. The van der Waals surface area contributed by atoms with Crippen LogP contribution < -0.4 is 0 Å². The zero-order chi connectivity index (χ0) is 16.0. The number of amides is 1. The number of nitrogens with zero attached hydrogens (tertiary/aromatic N) is 1. The second-order valence-corrected chi connectivity index (χ2v) is 8.30. The normalized spacial score (nSPS) is 14.9. The van der Waals surface area contributed by atoms with E-state index in [1.165, 1.54) is 30.9 Å². The molecular formula is C14H17NO5S. The van der Waals surface area contributed by atoms with Crippen molar-refractivity contribution in [2.24, 2.45) is 0 Å². The Kier molecular flexibility index (Phi) is 3.57. The molecule has 6 nitrogen and oxygen atoms in total. The number of sulfone groups is 1. The molecule has 0 bridgehead atoms. The van der Waals surface area contributed by atoms with Crippen LogP contribution in [0.5, 0.6) is 0 Å². The second-order valence-electron chi connectivity index (χ2n) is 5.73. The van der Waals surface area contributed by atoms with Gasteiger partial charge in [-0.05, 0) is 37.1 Å². The van der Waals surface area contributed by atoms with Crippen molar-refractivity contribution >= 4 is 21.7 Å². The van der Waals surface area contributed by atoms with Crippen LogP contribution in [-0.4, -0.2) is 41.3 Å². The molecule has 1 amide bonds. The van der Waals surface area contributed by atoms with Gasteiger partial charge >= 0.3 is 5.97 Å². The fraction of sp³-hybridized carbons (Fsp3) is 0.429. The maximum absolute atomic E-state index is 12.4. The molecule has 1 N–H and O–H groups in total. The lowest BCUT2D eigenvalue weighted by molar-refractivity contribution is -0.133. The van der Waals surface area contributed by atoms with Crippen LogP contribution in [0.3, 0.4) is 0 Å². The standard InChI is InChI=1S/C14H17NO5S/c1-14(2,21(3,19)20)13(18)15-7-10-5-4-9(12(16)17)6-11(10)8-15/h4-6H,7-8H2,1-3H3,(H,16,17). The summed E-state index contributed by atoms with van der Waals surface area (Å²) in [6.07, 6.45) is 1.04. The fourth-order valence-corrected chi connectivity index (χ4v) is 2.66. The number of carbonyl (C=O) groups excluding carboxylic acids is 1. The first-order valence-corrected chi connectivity index (χ1v) is 8.27. The van der Waals surface area contributed by atoms with Gasteiger partial charge < -0.3 is 10.0 Å². The number of fused-ring (bicyclic) bond motifs is 1. The summed E-state index contributed by atoms with van der Waals surface area (Å²) in [7, 11) is -3.53. The Hall–Kier alpha value is -1.89. The highest BCUT2D eigenvalue weighted by atomic mass is 32.2. The van der Waals surface area contributed by atoms with E-state index in [9.17, 15) is 18.0 Å². The van der Waals surface area contributed by atoms with Crippen molar-refractivity contribution < 1.29 is 23.1 Å². The quantitative estimate of drug-likeness (QED) is 0.901. The predicted octanol–water partition coefficient (Wildman–Crippen LogP) is 1.05. The number of benzene rings is 1. The highest BCUT2D eigenvalue weighted by Crippen LogP contribution is 2.28. The van der Waals surface area contributed by atoms with Crippen molar-refractivity contribution in [3.63, 3.8) is 0 Å². The number of hydrogen-bond acceptors (Lipinski definition) is 4. The van der Waals surface area contributed by atoms with E-state index in [1.807, 2.05) is 0 Å². The molecular weight excluding hydrogens is 294 g/mol. The first-order valence-electron chi connectivity index (χ1n) is 6.38. The first-order chi connectivity index (χ1) is 9.54. The average Bonchev–Trinajstić information content (AvgIpc) is 2.78. The van der Waals surface area contributed by atoms with Crippen LogP contribution in [0, 0.1) is 0 Å². The summed E-state index contributed by atoms with van der Waals surface area (Å²) in [6, 6.07) is 4.68. The zero-order valence-corrected chi connectivity index (χ0v) is 12.9. The SMILES string of the molecule is CC(C)(C(=O)N1Cc2ccc(C(=O)O)cc2C1)S(C)(=O)=O.